The maximum Gasteiger partial charge on any atom is 0.266 e. The highest BCUT2D eigenvalue weighted by molar-refractivity contribution is 6.52. The van der Waals surface area contributed by atoms with Crippen LogP contribution in [-0.4, -0.2) is 45.0 Å². The smallest absolute Gasteiger partial charge is 0.266 e. The lowest BCUT2D eigenvalue weighted by Crippen LogP contribution is -2.36. The first-order valence-electron chi connectivity index (χ1n) is 9.50. The molecular weight excluding hydrogens is 406 g/mol. The number of benzene rings is 2. The number of hydrogen-bond donors (Lipinski definition) is 5. The van der Waals surface area contributed by atoms with Gasteiger partial charge in [0.05, 0.1) is 23.9 Å². The number of anilines is 1. The van der Waals surface area contributed by atoms with Crippen LogP contribution in [0.15, 0.2) is 29.8 Å². The van der Waals surface area contributed by atoms with Gasteiger partial charge in [-0.2, -0.15) is 0 Å². The van der Waals surface area contributed by atoms with Crippen LogP contribution in [0.2, 0.25) is 0 Å². The van der Waals surface area contributed by atoms with E-state index in [0.717, 1.165) is 13.2 Å². The second-order valence-electron chi connectivity index (χ2n) is 7.33. The molecule has 0 bridgehead atoms. The number of amides is 1. The number of phenols is 2. The average molecular weight is 425 g/mol. The Kier molecular flexibility index (Phi) is 4.51. The Labute approximate surface area is 176 Å². The molecule has 0 fully saturated rings. The molecule has 9 heteroatoms. The van der Waals surface area contributed by atoms with Crippen molar-refractivity contribution in [2.45, 2.75) is 25.4 Å². The molecule has 1 unspecified atom stereocenters. The third-order valence-electron chi connectivity index (χ3n) is 5.58. The first-order valence-corrected chi connectivity index (χ1v) is 9.50. The largest absolute Gasteiger partial charge is 0.507 e. The highest BCUT2D eigenvalue weighted by atomic mass is 16.5. The lowest BCUT2D eigenvalue weighted by molar-refractivity contribution is -0.130. The van der Waals surface area contributed by atoms with Crippen LogP contribution in [-0.2, 0) is 15.2 Å². The van der Waals surface area contributed by atoms with E-state index in [1.54, 1.807) is 6.92 Å². The van der Waals surface area contributed by atoms with Gasteiger partial charge in [-0.05, 0) is 24.6 Å². The van der Waals surface area contributed by atoms with Gasteiger partial charge in [0.15, 0.2) is 11.5 Å². The zero-order chi connectivity index (χ0) is 22.7. The maximum absolute atomic E-state index is 12.8. The van der Waals surface area contributed by atoms with Crippen molar-refractivity contribution < 1.29 is 39.5 Å². The van der Waals surface area contributed by atoms with E-state index >= 15 is 0 Å². The van der Waals surface area contributed by atoms with Gasteiger partial charge in [0, 0.05) is 16.7 Å². The molecule has 0 saturated carbocycles. The summed E-state index contributed by atoms with van der Waals surface area (Å²) in [5, 5.41) is 45.7. The van der Waals surface area contributed by atoms with Crippen LogP contribution in [0.3, 0.4) is 0 Å². The molecule has 9 nitrogen and oxygen atoms in total. The molecule has 4 rings (SSSR count). The third-order valence-corrected chi connectivity index (χ3v) is 5.58. The van der Waals surface area contributed by atoms with E-state index in [1.807, 2.05) is 0 Å². The zero-order valence-corrected chi connectivity index (χ0v) is 16.6. The van der Waals surface area contributed by atoms with Crippen molar-refractivity contribution in [3.63, 3.8) is 0 Å². The Hall–Kier alpha value is -3.85. The van der Waals surface area contributed by atoms with Gasteiger partial charge in [-0.25, -0.2) is 0 Å². The molecule has 0 saturated heterocycles. The molecule has 1 aliphatic carbocycles. The topological polar surface area (TPSA) is 153 Å². The number of fused-ring (bicyclic) bond motifs is 2. The summed E-state index contributed by atoms with van der Waals surface area (Å²) in [5.74, 6) is -4.92. The fraction of sp³-hybridized carbons (Fsp3) is 0.227. The van der Waals surface area contributed by atoms with Crippen molar-refractivity contribution in [2.24, 2.45) is 0 Å². The fourth-order valence-electron chi connectivity index (χ4n) is 4.14. The number of ether oxygens (including phenoxy) is 1. The van der Waals surface area contributed by atoms with Gasteiger partial charge in [-0.15, -0.1) is 0 Å². The van der Waals surface area contributed by atoms with E-state index in [9.17, 15) is 34.8 Å². The summed E-state index contributed by atoms with van der Waals surface area (Å²) in [6, 6.07) is 5.11. The summed E-state index contributed by atoms with van der Waals surface area (Å²) in [4.78, 5) is 38.1. The van der Waals surface area contributed by atoms with E-state index < -0.39 is 45.9 Å². The van der Waals surface area contributed by atoms with Crippen LogP contribution in [0.1, 0.15) is 46.8 Å². The minimum absolute atomic E-state index is 0.106. The number of nitrogens with one attached hydrogen (secondary N) is 1. The van der Waals surface area contributed by atoms with Crippen molar-refractivity contribution in [1.82, 2.24) is 0 Å². The number of aliphatic hydroxyl groups excluding tert-OH is 1. The molecule has 1 aliphatic heterocycles. The van der Waals surface area contributed by atoms with E-state index in [4.69, 9.17) is 4.74 Å². The Morgan fingerprint density at radius 2 is 1.81 bits per heavy atom. The predicted molar refractivity (Wildman–Crippen MR) is 108 cm³/mol. The Bertz CT molecular complexity index is 1210. The molecule has 31 heavy (non-hydrogen) atoms. The Morgan fingerprint density at radius 3 is 2.45 bits per heavy atom. The molecule has 0 spiro atoms. The predicted octanol–water partition coefficient (Wildman–Crippen LogP) is 2.13. The number of hydrogen-bond acceptors (Lipinski definition) is 8. The summed E-state index contributed by atoms with van der Waals surface area (Å²) < 4.78 is 5.21. The van der Waals surface area contributed by atoms with Crippen molar-refractivity contribution in [3.05, 3.63) is 52.1 Å². The number of aliphatic hydroxyl groups is 2. The van der Waals surface area contributed by atoms with Crippen molar-refractivity contribution >= 4 is 28.9 Å². The Morgan fingerprint density at radius 1 is 1.10 bits per heavy atom. The summed E-state index contributed by atoms with van der Waals surface area (Å²) >= 11 is 0. The quantitative estimate of drug-likeness (QED) is 0.467. The molecular formula is C22H19NO8. The van der Waals surface area contributed by atoms with E-state index in [-0.39, 0.29) is 40.1 Å². The first-order chi connectivity index (χ1) is 14.7. The summed E-state index contributed by atoms with van der Waals surface area (Å²) in [6.45, 7) is 1.77. The second-order valence-corrected chi connectivity index (χ2v) is 7.33. The minimum Gasteiger partial charge on any atom is -0.507 e. The van der Waals surface area contributed by atoms with Gasteiger partial charge < -0.3 is 30.5 Å². The van der Waals surface area contributed by atoms with Crippen LogP contribution in [0.5, 0.6) is 17.2 Å². The molecule has 2 aliphatic rings. The number of aromatic hydroxyl groups is 2. The SMILES string of the molecule is CCCC1=C(O)c2c(cc(C3(O)C(=O)Nc4cccc(O)c43)c(O)c2OC)C(=O)C1=O. The molecule has 5 N–H and O–H groups in total. The summed E-state index contributed by atoms with van der Waals surface area (Å²) in [6.07, 6.45) is 0.616. The van der Waals surface area contributed by atoms with Gasteiger partial charge in [-0.1, -0.05) is 19.4 Å². The normalized spacial score (nSPS) is 19.9. The lowest BCUT2D eigenvalue weighted by Gasteiger charge is -2.27. The lowest BCUT2D eigenvalue weighted by atomic mass is 9.80. The highest BCUT2D eigenvalue weighted by Gasteiger charge is 2.52. The third kappa shape index (κ3) is 2.56. The van der Waals surface area contributed by atoms with Crippen molar-refractivity contribution in [2.75, 3.05) is 12.4 Å². The summed E-state index contributed by atoms with van der Waals surface area (Å²) in [7, 11) is 1.16. The van der Waals surface area contributed by atoms with Crippen LogP contribution < -0.4 is 10.1 Å². The number of carbonyl (C=O) groups is 3. The second kappa shape index (κ2) is 6.85. The van der Waals surface area contributed by atoms with Crippen LogP contribution in [0.25, 0.3) is 5.76 Å². The van der Waals surface area contributed by atoms with E-state index in [0.29, 0.717) is 6.42 Å². The van der Waals surface area contributed by atoms with Crippen molar-refractivity contribution in [3.8, 4) is 17.2 Å². The molecule has 1 heterocycles. The standard InChI is InChI=1S/C22H19NO8/c1-3-5-9-16(25)14-10(18(27)17(9)26)8-11(19(28)20(14)31-2)22(30)15-12(23-21(22)29)6-4-7-13(15)24/h4,6-8,24-25,28,30H,3,5H2,1-2H3,(H,23,29). The first kappa shape index (κ1) is 20.4. The number of methoxy groups -OCH3 is 1. The average Bonchev–Trinajstić information content (AvgIpc) is 3.00. The molecule has 2 aromatic carbocycles. The zero-order valence-electron chi connectivity index (χ0n) is 16.6. The molecule has 1 amide bonds. The molecule has 1 atom stereocenters. The highest BCUT2D eigenvalue weighted by Crippen LogP contribution is 2.52. The molecule has 0 radical (unpaired) electrons. The van der Waals surface area contributed by atoms with Crippen molar-refractivity contribution in [1.29, 1.82) is 0 Å². The number of allylic oxidation sites excluding steroid dienone is 1. The number of Topliss-reactive ketones (excluding diaryl/α,β-unsaturated/α-hetero) is 2. The Balaban J connectivity index is 2.07. The molecule has 160 valence electrons. The van der Waals surface area contributed by atoms with Gasteiger partial charge in [0.25, 0.3) is 5.91 Å². The van der Waals surface area contributed by atoms with Crippen LogP contribution in [0, 0.1) is 0 Å². The number of rotatable bonds is 4. The van der Waals surface area contributed by atoms with Gasteiger partial charge in [-0.3, -0.25) is 14.4 Å². The molecule has 2 aromatic rings. The monoisotopic (exact) mass is 425 g/mol. The molecule has 0 aromatic heterocycles. The minimum atomic E-state index is -2.58. The van der Waals surface area contributed by atoms with E-state index in [1.165, 1.54) is 18.2 Å². The summed E-state index contributed by atoms with van der Waals surface area (Å²) in [5.41, 5.74) is -3.82. The van der Waals surface area contributed by atoms with Crippen LogP contribution >= 0.6 is 0 Å². The number of ketones is 2. The van der Waals surface area contributed by atoms with Gasteiger partial charge in [0.2, 0.25) is 17.2 Å². The number of carbonyl (C=O) groups excluding carboxylic acids is 3. The number of phenolic OH excluding ortho intramolecular Hbond substituents is 2. The van der Waals surface area contributed by atoms with Gasteiger partial charge >= 0.3 is 0 Å². The van der Waals surface area contributed by atoms with E-state index in [2.05, 4.69) is 5.32 Å². The van der Waals surface area contributed by atoms with Gasteiger partial charge in [0.1, 0.15) is 11.5 Å². The fourth-order valence-corrected chi connectivity index (χ4v) is 4.14. The van der Waals surface area contributed by atoms with Crippen LogP contribution in [0.4, 0.5) is 5.69 Å². The maximum atomic E-state index is 12.8.